The Kier molecular flexibility index (Phi) is 7.07. The Balaban J connectivity index is 1.37. The van der Waals surface area contributed by atoms with Gasteiger partial charge in [0.1, 0.15) is 23.9 Å². The van der Waals surface area contributed by atoms with E-state index in [0.29, 0.717) is 19.0 Å². The fraction of sp³-hybridized carbons (Fsp3) is 0.375. The summed E-state index contributed by atoms with van der Waals surface area (Å²) in [5.74, 6) is 2.34. The number of aromatic nitrogens is 3. The molecule has 0 amide bonds. The molecule has 2 aromatic heterocycles. The first-order valence-electron chi connectivity index (χ1n) is 10.7. The number of pyridine rings is 1. The fourth-order valence-electron chi connectivity index (χ4n) is 3.46. The van der Waals surface area contributed by atoms with Crippen molar-refractivity contribution in [2.24, 2.45) is 0 Å². The summed E-state index contributed by atoms with van der Waals surface area (Å²) in [6.45, 7) is 9.85. The molecule has 1 N–H and O–H groups in total. The van der Waals surface area contributed by atoms with Gasteiger partial charge in [0.2, 0.25) is 0 Å². The normalized spacial score (nSPS) is 14.4. The number of hydrogen-bond donors (Lipinski definition) is 1. The molecule has 0 atom stereocenters. The monoisotopic (exact) mass is 419 g/mol. The standard InChI is InChI=1S/C24H29N5O2/c1-18-19(2)27-24(22-8-3-4-9-25-22)28-23(18)26-17-20-6-5-7-21(16-20)31-15-12-29-10-13-30-14-11-29/h3-9,16H,10-15,17H2,1-2H3,(H,26,27,28). The van der Waals surface area contributed by atoms with Crippen LogP contribution in [0.5, 0.6) is 5.75 Å². The average molecular weight is 420 g/mol. The van der Waals surface area contributed by atoms with Gasteiger partial charge in [-0.2, -0.15) is 0 Å². The van der Waals surface area contributed by atoms with Gasteiger partial charge in [-0.05, 0) is 43.7 Å². The van der Waals surface area contributed by atoms with Crippen LogP contribution in [-0.2, 0) is 11.3 Å². The van der Waals surface area contributed by atoms with Crippen LogP contribution >= 0.6 is 0 Å². The minimum Gasteiger partial charge on any atom is -0.492 e. The highest BCUT2D eigenvalue weighted by Gasteiger charge is 2.11. The van der Waals surface area contributed by atoms with Crippen LogP contribution in [0.15, 0.2) is 48.7 Å². The molecule has 31 heavy (non-hydrogen) atoms. The van der Waals surface area contributed by atoms with Crippen LogP contribution in [0.3, 0.4) is 0 Å². The molecule has 7 nitrogen and oxygen atoms in total. The second-order valence-corrected chi connectivity index (χ2v) is 7.62. The SMILES string of the molecule is Cc1nc(-c2ccccn2)nc(NCc2cccc(OCCN3CCOCC3)c2)c1C. The van der Waals surface area contributed by atoms with E-state index < -0.39 is 0 Å². The molecule has 162 valence electrons. The van der Waals surface area contributed by atoms with Gasteiger partial charge in [0.15, 0.2) is 5.82 Å². The largest absolute Gasteiger partial charge is 0.492 e. The van der Waals surface area contributed by atoms with Crippen molar-refractivity contribution in [3.8, 4) is 17.3 Å². The van der Waals surface area contributed by atoms with Gasteiger partial charge in [-0.3, -0.25) is 9.88 Å². The second-order valence-electron chi connectivity index (χ2n) is 7.62. The molecule has 0 radical (unpaired) electrons. The zero-order chi connectivity index (χ0) is 21.5. The van der Waals surface area contributed by atoms with Crippen LogP contribution in [0.1, 0.15) is 16.8 Å². The summed E-state index contributed by atoms with van der Waals surface area (Å²) in [4.78, 5) is 16.1. The Hall–Kier alpha value is -3.03. The van der Waals surface area contributed by atoms with Crippen LogP contribution in [0.4, 0.5) is 5.82 Å². The van der Waals surface area contributed by atoms with Crippen LogP contribution in [0, 0.1) is 13.8 Å². The lowest BCUT2D eigenvalue weighted by molar-refractivity contribution is 0.0322. The van der Waals surface area contributed by atoms with Crippen LogP contribution in [-0.4, -0.2) is 59.3 Å². The maximum atomic E-state index is 5.98. The summed E-state index contributed by atoms with van der Waals surface area (Å²) < 4.78 is 11.4. The molecule has 1 aliphatic heterocycles. The fourth-order valence-corrected chi connectivity index (χ4v) is 3.46. The van der Waals surface area contributed by atoms with Crippen molar-refractivity contribution in [2.75, 3.05) is 44.8 Å². The second kappa shape index (κ2) is 10.3. The first-order chi connectivity index (χ1) is 15.2. The molecule has 0 unspecified atom stereocenters. The molecule has 1 fully saturated rings. The first kappa shape index (κ1) is 21.2. The van der Waals surface area contributed by atoms with Gasteiger partial charge in [0.25, 0.3) is 0 Å². The molecule has 7 heteroatoms. The van der Waals surface area contributed by atoms with E-state index in [1.54, 1.807) is 6.20 Å². The van der Waals surface area contributed by atoms with Crippen LogP contribution in [0.2, 0.25) is 0 Å². The number of anilines is 1. The molecule has 1 aliphatic rings. The summed E-state index contributed by atoms with van der Waals surface area (Å²) in [6.07, 6.45) is 1.76. The first-order valence-corrected chi connectivity index (χ1v) is 10.7. The summed E-state index contributed by atoms with van der Waals surface area (Å²) in [7, 11) is 0. The van der Waals surface area contributed by atoms with Crippen molar-refractivity contribution in [2.45, 2.75) is 20.4 Å². The van der Waals surface area contributed by atoms with Crippen LogP contribution < -0.4 is 10.1 Å². The van der Waals surface area contributed by atoms with Gasteiger partial charge in [0, 0.05) is 43.6 Å². The van der Waals surface area contributed by atoms with E-state index in [2.05, 4.69) is 32.3 Å². The smallest absolute Gasteiger partial charge is 0.180 e. The number of rotatable bonds is 8. The molecular formula is C24H29N5O2. The number of ether oxygens (including phenoxy) is 2. The van der Waals surface area contributed by atoms with Gasteiger partial charge >= 0.3 is 0 Å². The summed E-state index contributed by atoms with van der Waals surface area (Å²) in [5, 5.41) is 3.46. The zero-order valence-corrected chi connectivity index (χ0v) is 18.2. The van der Waals surface area contributed by atoms with Gasteiger partial charge in [-0.1, -0.05) is 18.2 Å². The maximum Gasteiger partial charge on any atom is 0.180 e. The van der Waals surface area contributed by atoms with E-state index in [-0.39, 0.29) is 0 Å². The third kappa shape index (κ3) is 5.77. The Labute approximate surface area is 183 Å². The maximum absolute atomic E-state index is 5.98. The Morgan fingerprint density at radius 1 is 1.06 bits per heavy atom. The van der Waals surface area contributed by atoms with Crippen molar-refractivity contribution < 1.29 is 9.47 Å². The number of nitrogens with one attached hydrogen (secondary N) is 1. The number of benzene rings is 1. The van der Waals surface area contributed by atoms with Crippen molar-refractivity contribution in [1.29, 1.82) is 0 Å². The lowest BCUT2D eigenvalue weighted by Crippen LogP contribution is -2.38. The third-order valence-electron chi connectivity index (χ3n) is 5.42. The molecule has 3 heterocycles. The number of morpholine rings is 1. The summed E-state index contributed by atoms with van der Waals surface area (Å²) >= 11 is 0. The predicted molar refractivity (Wildman–Crippen MR) is 121 cm³/mol. The Morgan fingerprint density at radius 3 is 2.74 bits per heavy atom. The number of nitrogens with zero attached hydrogens (tertiary/aromatic N) is 4. The van der Waals surface area contributed by atoms with Crippen molar-refractivity contribution >= 4 is 5.82 Å². The van der Waals surface area contributed by atoms with E-state index in [1.807, 2.05) is 44.2 Å². The van der Waals surface area contributed by atoms with E-state index in [0.717, 1.165) is 66.9 Å². The van der Waals surface area contributed by atoms with E-state index in [4.69, 9.17) is 14.5 Å². The third-order valence-corrected chi connectivity index (χ3v) is 5.42. The molecule has 0 aliphatic carbocycles. The molecule has 0 bridgehead atoms. The van der Waals surface area contributed by atoms with Crippen molar-refractivity contribution in [1.82, 2.24) is 19.9 Å². The lowest BCUT2D eigenvalue weighted by Gasteiger charge is -2.26. The molecule has 4 rings (SSSR count). The summed E-state index contributed by atoms with van der Waals surface area (Å²) in [6, 6.07) is 13.9. The highest BCUT2D eigenvalue weighted by atomic mass is 16.5. The van der Waals surface area contributed by atoms with E-state index in [9.17, 15) is 0 Å². The number of aryl methyl sites for hydroxylation is 1. The Bertz CT molecular complexity index is 991. The van der Waals surface area contributed by atoms with Crippen molar-refractivity contribution in [3.05, 3.63) is 65.5 Å². The van der Waals surface area contributed by atoms with Gasteiger partial charge in [0.05, 0.1) is 13.2 Å². The molecule has 3 aromatic rings. The lowest BCUT2D eigenvalue weighted by atomic mass is 10.2. The minimum absolute atomic E-state index is 0.631. The molecule has 1 saturated heterocycles. The van der Waals surface area contributed by atoms with E-state index >= 15 is 0 Å². The van der Waals surface area contributed by atoms with E-state index in [1.165, 1.54) is 0 Å². The van der Waals surface area contributed by atoms with Gasteiger partial charge in [-0.25, -0.2) is 9.97 Å². The number of hydrogen-bond acceptors (Lipinski definition) is 7. The molecule has 0 spiro atoms. The molecule has 1 aromatic carbocycles. The summed E-state index contributed by atoms with van der Waals surface area (Å²) in [5.41, 5.74) is 3.89. The Morgan fingerprint density at radius 2 is 1.94 bits per heavy atom. The predicted octanol–water partition coefficient (Wildman–Crippen LogP) is 3.48. The zero-order valence-electron chi connectivity index (χ0n) is 18.2. The average Bonchev–Trinajstić information content (AvgIpc) is 2.81. The van der Waals surface area contributed by atoms with Gasteiger partial charge < -0.3 is 14.8 Å². The van der Waals surface area contributed by atoms with Crippen LogP contribution in [0.25, 0.3) is 11.5 Å². The van der Waals surface area contributed by atoms with Gasteiger partial charge in [-0.15, -0.1) is 0 Å². The quantitative estimate of drug-likeness (QED) is 0.599. The molecular weight excluding hydrogens is 390 g/mol. The highest BCUT2D eigenvalue weighted by Crippen LogP contribution is 2.21. The minimum atomic E-state index is 0.631. The topological polar surface area (TPSA) is 72.4 Å². The highest BCUT2D eigenvalue weighted by molar-refractivity contribution is 5.56. The molecule has 0 saturated carbocycles. The van der Waals surface area contributed by atoms with Crippen molar-refractivity contribution in [3.63, 3.8) is 0 Å².